The highest BCUT2D eigenvalue weighted by Gasteiger charge is 2.17. The minimum Gasteiger partial charge on any atom is -0.481 e. The van der Waals surface area contributed by atoms with Crippen molar-refractivity contribution in [3.05, 3.63) is 0 Å². The maximum absolute atomic E-state index is 10.4. The van der Waals surface area contributed by atoms with Crippen LogP contribution in [0.5, 0.6) is 0 Å². The van der Waals surface area contributed by atoms with Crippen LogP contribution in [0.15, 0.2) is 0 Å². The van der Waals surface area contributed by atoms with E-state index in [0.717, 1.165) is 0 Å². The van der Waals surface area contributed by atoms with Crippen LogP contribution in [0.25, 0.3) is 0 Å². The summed E-state index contributed by atoms with van der Waals surface area (Å²) in [6.07, 6.45) is 5.21. The van der Waals surface area contributed by atoms with Gasteiger partial charge < -0.3 is 10.4 Å². The van der Waals surface area contributed by atoms with Crippen LogP contribution in [0, 0.1) is 18.3 Å². The van der Waals surface area contributed by atoms with E-state index < -0.39 is 17.4 Å². The fraction of sp³-hybridized carbons (Fsp3) is 0.667. The molecule has 3 nitrogen and oxygen atoms in total. The summed E-state index contributed by atoms with van der Waals surface area (Å²) in [5.74, 6) is 1.32. The number of hydrogen-bond donors (Lipinski definition) is 2. The number of rotatable bonds is 4. The predicted octanol–water partition coefficient (Wildman–Crippen LogP) is 0.709. The van der Waals surface area contributed by atoms with Crippen LogP contribution in [-0.4, -0.2) is 23.2 Å². The molecule has 0 saturated heterocycles. The van der Waals surface area contributed by atoms with Gasteiger partial charge in [-0.1, -0.05) is 12.8 Å². The molecule has 0 aliphatic heterocycles. The lowest BCUT2D eigenvalue weighted by Gasteiger charge is -2.20. The summed E-state index contributed by atoms with van der Waals surface area (Å²) >= 11 is 0. The number of carboxylic acids is 1. The fourth-order valence-electron chi connectivity index (χ4n) is 0.547. The van der Waals surface area contributed by atoms with Gasteiger partial charge in [0.1, 0.15) is 0 Å². The summed E-state index contributed by atoms with van der Waals surface area (Å²) < 4.78 is 0. The number of nitrogens with one attached hydrogen (secondary N) is 1. The van der Waals surface area contributed by atoms with Crippen LogP contribution in [0.4, 0.5) is 0 Å². The summed E-state index contributed by atoms with van der Waals surface area (Å²) in [6, 6.07) is 0. The van der Waals surface area contributed by atoms with E-state index in [1.807, 2.05) is 13.8 Å². The zero-order valence-corrected chi connectivity index (χ0v) is 7.72. The maximum atomic E-state index is 10.4. The summed E-state index contributed by atoms with van der Waals surface area (Å²) in [5, 5.41) is 11.5. The van der Waals surface area contributed by atoms with Gasteiger partial charge in [0.15, 0.2) is 0 Å². The maximum Gasteiger partial charge on any atom is 0.307 e. The topological polar surface area (TPSA) is 49.3 Å². The molecule has 0 radical (unpaired) electrons. The van der Waals surface area contributed by atoms with Crippen LogP contribution in [0.2, 0.25) is 0 Å². The van der Waals surface area contributed by atoms with E-state index in [4.69, 9.17) is 11.5 Å². The number of terminal acetylenes is 1. The van der Waals surface area contributed by atoms with Crippen molar-refractivity contribution in [3.8, 4) is 12.3 Å². The molecule has 0 rings (SSSR count). The van der Waals surface area contributed by atoms with Crippen molar-refractivity contribution in [2.75, 3.05) is 6.54 Å². The Labute approximate surface area is 73.2 Å². The van der Waals surface area contributed by atoms with Crippen LogP contribution < -0.4 is 5.32 Å². The molecule has 0 aromatic rings. The standard InChI is InChI=1S/C9H15NO2/c1-5-9(3,4)10-6-7(2)8(11)12/h1,7,10H,6H2,2-4H3,(H,11,12)/t7-/m0/s1. The van der Waals surface area contributed by atoms with E-state index in [1.165, 1.54) is 0 Å². The van der Waals surface area contributed by atoms with Gasteiger partial charge in [-0.05, 0) is 13.8 Å². The molecule has 0 spiro atoms. The molecule has 0 bridgehead atoms. The van der Waals surface area contributed by atoms with Gasteiger partial charge in [0.25, 0.3) is 0 Å². The van der Waals surface area contributed by atoms with Gasteiger partial charge >= 0.3 is 5.97 Å². The summed E-state index contributed by atoms with van der Waals surface area (Å²) in [6.45, 7) is 5.71. The van der Waals surface area contributed by atoms with Crippen LogP contribution in [0.3, 0.4) is 0 Å². The first-order valence-corrected chi connectivity index (χ1v) is 3.84. The molecule has 68 valence electrons. The van der Waals surface area contributed by atoms with Gasteiger partial charge in [-0.15, -0.1) is 6.42 Å². The lowest BCUT2D eigenvalue weighted by Crippen LogP contribution is -2.41. The normalized spacial score (nSPS) is 13.5. The zero-order chi connectivity index (χ0) is 9.78. The number of aliphatic carboxylic acids is 1. The van der Waals surface area contributed by atoms with Crippen LogP contribution in [-0.2, 0) is 4.79 Å². The molecule has 0 unspecified atom stereocenters. The molecule has 0 heterocycles. The van der Waals surface area contributed by atoms with Gasteiger partial charge in [0, 0.05) is 6.54 Å². The van der Waals surface area contributed by atoms with Crippen molar-refractivity contribution in [2.45, 2.75) is 26.3 Å². The molecule has 0 aliphatic rings. The Morgan fingerprint density at radius 1 is 1.75 bits per heavy atom. The Morgan fingerprint density at radius 2 is 2.25 bits per heavy atom. The van der Waals surface area contributed by atoms with Crippen LogP contribution >= 0.6 is 0 Å². The Hall–Kier alpha value is -1.01. The Morgan fingerprint density at radius 3 is 2.58 bits per heavy atom. The molecule has 0 saturated carbocycles. The molecule has 3 heteroatoms. The van der Waals surface area contributed by atoms with Crippen molar-refractivity contribution >= 4 is 5.97 Å². The van der Waals surface area contributed by atoms with Gasteiger partial charge in [-0.25, -0.2) is 0 Å². The number of carboxylic acid groups (broad SMARTS) is 1. The minimum atomic E-state index is -0.810. The van der Waals surface area contributed by atoms with E-state index in [2.05, 4.69) is 11.2 Å². The first kappa shape index (κ1) is 11.0. The third-order valence-corrected chi connectivity index (χ3v) is 1.63. The van der Waals surface area contributed by atoms with Crippen molar-refractivity contribution in [3.63, 3.8) is 0 Å². The van der Waals surface area contributed by atoms with E-state index >= 15 is 0 Å². The highest BCUT2D eigenvalue weighted by Crippen LogP contribution is 2.01. The average molecular weight is 169 g/mol. The number of carbonyl (C=O) groups is 1. The zero-order valence-electron chi connectivity index (χ0n) is 7.72. The molecule has 0 aliphatic carbocycles. The lowest BCUT2D eigenvalue weighted by molar-refractivity contribution is -0.141. The molecular weight excluding hydrogens is 154 g/mol. The summed E-state index contributed by atoms with van der Waals surface area (Å²) in [4.78, 5) is 10.4. The van der Waals surface area contributed by atoms with E-state index in [0.29, 0.717) is 6.54 Å². The SMILES string of the molecule is C#CC(C)(C)NC[C@H](C)C(=O)O. The van der Waals surface area contributed by atoms with Crippen molar-refractivity contribution in [1.82, 2.24) is 5.32 Å². The second kappa shape index (κ2) is 4.13. The minimum absolute atomic E-state index is 0.395. The Balaban J connectivity index is 3.85. The van der Waals surface area contributed by atoms with Gasteiger partial charge in [0.2, 0.25) is 0 Å². The summed E-state index contributed by atoms with van der Waals surface area (Å²) in [5.41, 5.74) is -0.427. The monoisotopic (exact) mass is 169 g/mol. The highest BCUT2D eigenvalue weighted by molar-refractivity contribution is 5.69. The number of hydrogen-bond acceptors (Lipinski definition) is 2. The van der Waals surface area contributed by atoms with Gasteiger partial charge in [-0.2, -0.15) is 0 Å². The van der Waals surface area contributed by atoms with E-state index in [1.54, 1.807) is 6.92 Å². The first-order valence-electron chi connectivity index (χ1n) is 3.84. The van der Waals surface area contributed by atoms with Crippen LogP contribution in [0.1, 0.15) is 20.8 Å². The molecular formula is C9H15NO2. The molecule has 0 aromatic carbocycles. The molecule has 12 heavy (non-hydrogen) atoms. The molecule has 0 amide bonds. The van der Waals surface area contributed by atoms with Crippen molar-refractivity contribution < 1.29 is 9.90 Å². The quantitative estimate of drug-likeness (QED) is 0.609. The van der Waals surface area contributed by atoms with Crippen molar-refractivity contribution in [1.29, 1.82) is 0 Å². The lowest BCUT2D eigenvalue weighted by atomic mass is 10.1. The smallest absolute Gasteiger partial charge is 0.307 e. The molecule has 2 N–H and O–H groups in total. The molecule has 1 atom stereocenters. The summed E-state index contributed by atoms with van der Waals surface area (Å²) in [7, 11) is 0. The predicted molar refractivity (Wildman–Crippen MR) is 47.7 cm³/mol. The first-order chi connectivity index (χ1) is 5.39. The Bertz CT molecular complexity index is 203. The Kier molecular flexibility index (Phi) is 3.78. The second-order valence-electron chi connectivity index (χ2n) is 3.39. The van der Waals surface area contributed by atoms with Gasteiger partial charge in [-0.3, -0.25) is 4.79 Å². The second-order valence-corrected chi connectivity index (χ2v) is 3.39. The van der Waals surface area contributed by atoms with Gasteiger partial charge in [0.05, 0.1) is 11.5 Å². The fourth-order valence-corrected chi connectivity index (χ4v) is 0.547. The van der Waals surface area contributed by atoms with E-state index in [-0.39, 0.29) is 0 Å². The highest BCUT2D eigenvalue weighted by atomic mass is 16.4. The van der Waals surface area contributed by atoms with Crippen molar-refractivity contribution in [2.24, 2.45) is 5.92 Å². The van der Waals surface area contributed by atoms with E-state index in [9.17, 15) is 4.79 Å². The largest absolute Gasteiger partial charge is 0.481 e. The average Bonchev–Trinajstić information content (AvgIpc) is 2.00. The molecule has 0 fully saturated rings. The third kappa shape index (κ3) is 3.99. The third-order valence-electron chi connectivity index (χ3n) is 1.63. The molecule has 0 aromatic heterocycles.